The van der Waals surface area contributed by atoms with E-state index in [1.807, 2.05) is 12.3 Å². The first-order valence-electron chi connectivity index (χ1n) is 6.98. The molecule has 1 atom stereocenters. The molecule has 1 aliphatic rings. The van der Waals surface area contributed by atoms with Crippen molar-refractivity contribution >= 4 is 0 Å². The maximum absolute atomic E-state index is 4.62. The van der Waals surface area contributed by atoms with Gasteiger partial charge in [-0.15, -0.1) is 0 Å². The SMILES string of the molecule is CCCCN1CCCC[C@@H]1c1ncccc1C. The lowest BCUT2D eigenvalue weighted by Gasteiger charge is -2.36. The zero-order chi connectivity index (χ0) is 12.1. The van der Waals surface area contributed by atoms with Crippen LogP contribution in [0.15, 0.2) is 18.3 Å². The smallest absolute Gasteiger partial charge is 0.0604 e. The van der Waals surface area contributed by atoms with E-state index >= 15 is 0 Å². The van der Waals surface area contributed by atoms with Gasteiger partial charge < -0.3 is 0 Å². The van der Waals surface area contributed by atoms with E-state index in [1.54, 1.807) is 0 Å². The van der Waals surface area contributed by atoms with Crippen LogP contribution in [0.2, 0.25) is 0 Å². The summed E-state index contributed by atoms with van der Waals surface area (Å²) in [7, 11) is 0. The van der Waals surface area contributed by atoms with Crippen molar-refractivity contribution in [1.29, 1.82) is 0 Å². The van der Waals surface area contributed by atoms with E-state index in [9.17, 15) is 0 Å². The number of hydrogen-bond donors (Lipinski definition) is 0. The maximum Gasteiger partial charge on any atom is 0.0604 e. The number of hydrogen-bond acceptors (Lipinski definition) is 2. The first-order chi connectivity index (χ1) is 8.33. The minimum atomic E-state index is 0.566. The summed E-state index contributed by atoms with van der Waals surface area (Å²) in [6, 6.07) is 4.80. The second-order valence-electron chi connectivity index (χ2n) is 5.11. The third kappa shape index (κ3) is 3.06. The lowest BCUT2D eigenvalue weighted by molar-refractivity contribution is 0.143. The van der Waals surface area contributed by atoms with E-state index in [-0.39, 0.29) is 0 Å². The van der Waals surface area contributed by atoms with Crippen LogP contribution in [-0.2, 0) is 0 Å². The van der Waals surface area contributed by atoms with Gasteiger partial charge in [-0.05, 0) is 50.9 Å². The minimum absolute atomic E-state index is 0.566. The van der Waals surface area contributed by atoms with Crippen LogP contribution in [0, 0.1) is 6.92 Å². The second kappa shape index (κ2) is 6.15. The van der Waals surface area contributed by atoms with E-state index in [4.69, 9.17) is 0 Å². The predicted octanol–water partition coefficient (Wildman–Crippen LogP) is 3.72. The number of rotatable bonds is 4. The van der Waals surface area contributed by atoms with Gasteiger partial charge in [0, 0.05) is 6.20 Å². The van der Waals surface area contributed by atoms with Crippen molar-refractivity contribution in [2.75, 3.05) is 13.1 Å². The Balaban J connectivity index is 2.13. The fraction of sp³-hybridized carbons (Fsp3) is 0.667. The molecule has 2 heterocycles. The van der Waals surface area contributed by atoms with Crippen LogP contribution < -0.4 is 0 Å². The Bertz CT molecular complexity index is 349. The van der Waals surface area contributed by atoms with Crippen molar-refractivity contribution in [3.05, 3.63) is 29.6 Å². The normalized spacial score (nSPS) is 21.6. The number of aryl methyl sites for hydroxylation is 1. The Labute approximate surface area is 105 Å². The molecule has 1 fully saturated rings. The monoisotopic (exact) mass is 232 g/mol. The minimum Gasteiger partial charge on any atom is -0.295 e. The third-order valence-electron chi connectivity index (χ3n) is 3.78. The average Bonchev–Trinajstić information content (AvgIpc) is 2.37. The van der Waals surface area contributed by atoms with Gasteiger partial charge in [0.2, 0.25) is 0 Å². The molecule has 0 N–H and O–H groups in total. The first-order valence-corrected chi connectivity index (χ1v) is 6.98. The van der Waals surface area contributed by atoms with Crippen LogP contribution in [0.4, 0.5) is 0 Å². The Morgan fingerprint density at radius 1 is 1.41 bits per heavy atom. The van der Waals surface area contributed by atoms with Gasteiger partial charge >= 0.3 is 0 Å². The topological polar surface area (TPSA) is 16.1 Å². The largest absolute Gasteiger partial charge is 0.295 e. The molecule has 0 radical (unpaired) electrons. The molecule has 1 aromatic rings. The van der Waals surface area contributed by atoms with E-state index < -0.39 is 0 Å². The summed E-state index contributed by atoms with van der Waals surface area (Å²) in [6.07, 6.45) is 8.51. The van der Waals surface area contributed by atoms with Gasteiger partial charge in [0.25, 0.3) is 0 Å². The van der Waals surface area contributed by atoms with E-state index in [2.05, 4.69) is 29.8 Å². The van der Waals surface area contributed by atoms with Gasteiger partial charge in [0.15, 0.2) is 0 Å². The highest BCUT2D eigenvalue weighted by Crippen LogP contribution is 2.31. The molecule has 2 nitrogen and oxygen atoms in total. The van der Waals surface area contributed by atoms with Gasteiger partial charge in [-0.1, -0.05) is 25.8 Å². The standard InChI is InChI=1S/C15H24N2/c1-3-4-11-17-12-6-5-9-14(17)15-13(2)8-7-10-16-15/h7-8,10,14H,3-6,9,11-12H2,1-2H3/t14-/m1/s1. The molecule has 1 saturated heterocycles. The molecule has 94 valence electrons. The van der Waals surface area contributed by atoms with Crippen LogP contribution in [0.25, 0.3) is 0 Å². The van der Waals surface area contributed by atoms with Gasteiger partial charge in [0.05, 0.1) is 11.7 Å². The zero-order valence-corrected chi connectivity index (χ0v) is 11.2. The summed E-state index contributed by atoms with van der Waals surface area (Å²) in [5, 5.41) is 0. The number of pyridine rings is 1. The van der Waals surface area contributed by atoms with Crippen LogP contribution >= 0.6 is 0 Å². The second-order valence-corrected chi connectivity index (χ2v) is 5.11. The average molecular weight is 232 g/mol. The highest BCUT2D eigenvalue weighted by atomic mass is 15.2. The van der Waals surface area contributed by atoms with Gasteiger partial charge in [-0.2, -0.15) is 0 Å². The molecular formula is C15H24N2. The fourth-order valence-electron chi connectivity index (χ4n) is 2.78. The first kappa shape index (κ1) is 12.6. The summed E-state index contributed by atoms with van der Waals surface area (Å²) in [5.74, 6) is 0. The van der Waals surface area contributed by atoms with Crippen LogP contribution in [0.3, 0.4) is 0 Å². The molecule has 0 amide bonds. The Hall–Kier alpha value is -0.890. The number of piperidine rings is 1. The van der Waals surface area contributed by atoms with Crippen LogP contribution in [-0.4, -0.2) is 23.0 Å². The molecule has 1 aliphatic heterocycles. The van der Waals surface area contributed by atoms with E-state index in [1.165, 1.54) is 56.5 Å². The molecule has 2 heteroatoms. The van der Waals surface area contributed by atoms with Crippen molar-refractivity contribution in [3.63, 3.8) is 0 Å². The number of nitrogens with zero attached hydrogens (tertiary/aromatic N) is 2. The van der Waals surface area contributed by atoms with Crippen molar-refractivity contribution in [3.8, 4) is 0 Å². The molecule has 0 bridgehead atoms. The number of unbranched alkanes of at least 4 members (excludes halogenated alkanes) is 1. The Kier molecular flexibility index (Phi) is 4.55. The predicted molar refractivity (Wildman–Crippen MR) is 72.0 cm³/mol. The van der Waals surface area contributed by atoms with E-state index in [0.29, 0.717) is 6.04 Å². The Morgan fingerprint density at radius 3 is 3.06 bits per heavy atom. The zero-order valence-electron chi connectivity index (χ0n) is 11.2. The molecule has 1 aromatic heterocycles. The van der Waals surface area contributed by atoms with E-state index in [0.717, 1.165) is 0 Å². The molecule has 0 aliphatic carbocycles. The lowest BCUT2D eigenvalue weighted by Crippen LogP contribution is -2.35. The van der Waals surface area contributed by atoms with Crippen LogP contribution in [0.5, 0.6) is 0 Å². The maximum atomic E-state index is 4.62. The van der Waals surface area contributed by atoms with Crippen molar-refractivity contribution in [2.45, 2.75) is 52.0 Å². The summed E-state index contributed by atoms with van der Waals surface area (Å²) < 4.78 is 0. The summed E-state index contributed by atoms with van der Waals surface area (Å²) >= 11 is 0. The highest BCUT2D eigenvalue weighted by molar-refractivity contribution is 5.21. The van der Waals surface area contributed by atoms with Gasteiger partial charge in [-0.3, -0.25) is 9.88 Å². The third-order valence-corrected chi connectivity index (χ3v) is 3.78. The quantitative estimate of drug-likeness (QED) is 0.786. The molecular weight excluding hydrogens is 208 g/mol. The van der Waals surface area contributed by atoms with Crippen molar-refractivity contribution in [2.24, 2.45) is 0 Å². The fourth-order valence-corrected chi connectivity index (χ4v) is 2.78. The van der Waals surface area contributed by atoms with Crippen molar-refractivity contribution in [1.82, 2.24) is 9.88 Å². The molecule has 0 saturated carbocycles. The van der Waals surface area contributed by atoms with Gasteiger partial charge in [-0.25, -0.2) is 0 Å². The highest BCUT2D eigenvalue weighted by Gasteiger charge is 2.25. The van der Waals surface area contributed by atoms with Crippen LogP contribution in [0.1, 0.15) is 56.3 Å². The molecule has 17 heavy (non-hydrogen) atoms. The molecule has 0 spiro atoms. The molecule has 0 aromatic carbocycles. The number of aromatic nitrogens is 1. The summed E-state index contributed by atoms with van der Waals surface area (Å²) in [4.78, 5) is 7.26. The Morgan fingerprint density at radius 2 is 2.29 bits per heavy atom. The number of likely N-dealkylation sites (tertiary alicyclic amines) is 1. The summed E-state index contributed by atoms with van der Waals surface area (Å²) in [5.41, 5.74) is 2.66. The molecule has 0 unspecified atom stereocenters. The van der Waals surface area contributed by atoms with Crippen molar-refractivity contribution < 1.29 is 0 Å². The van der Waals surface area contributed by atoms with Gasteiger partial charge in [0.1, 0.15) is 0 Å². The lowest BCUT2D eigenvalue weighted by atomic mass is 9.96. The summed E-state index contributed by atoms with van der Waals surface area (Å²) in [6.45, 7) is 6.94. The molecule has 2 rings (SSSR count).